The standard InChI is InChI=1S/C6H16NSi.3C4H9.Sn/c1-5-6-7-8(2,3)4;3*1-3-4-2;/h7H,1,5-6H2,2-4H3;3*1,3-4H2,2H3;. The van der Waals surface area contributed by atoms with Gasteiger partial charge in [0.1, 0.15) is 0 Å². The van der Waals surface area contributed by atoms with E-state index in [1.165, 1.54) is 51.5 Å². The van der Waals surface area contributed by atoms with Crippen LogP contribution in [0.2, 0.25) is 37.4 Å². The van der Waals surface area contributed by atoms with Crippen LogP contribution in [0.3, 0.4) is 0 Å². The Hall–Kier alpha value is 0.976. The Labute approximate surface area is 141 Å². The van der Waals surface area contributed by atoms with Crippen molar-refractivity contribution in [1.82, 2.24) is 4.98 Å². The molecule has 1 N–H and O–H groups in total. The fraction of sp³-hybridized carbons (Fsp3) is 1.00. The second kappa shape index (κ2) is 12.4. The molecule has 0 aromatic heterocycles. The maximum atomic E-state index is 3.84. The van der Waals surface area contributed by atoms with Gasteiger partial charge in [-0.2, -0.15) is 0 Å². The predicted octanol–water partition coefficient (Wildman–Crippen LogP) is 6.65. The summed E-state index contributed by atoms with van der Waals surface area (Å²) in [5, 5.41) is 0. The summed E-state index contributed by atoms with van der Waals surface area (Å²) in [6.07, 6.45) is 10.2. The van der Waals surface area contributed by atoms with E-state index in [0.717, 1.165) is 0 Å². The van der Waals surface area contributed by atoms with Crippen LogP contribution in [0.15, 0.2) is 0 Å². The molecule has 0 aromatic carbocycles. The molecule has 0 saturated carbocycles. The van der Waals surface area contributed by atoms with E-state index >= 15 is 0 Å². The van der Waals surface area contributed by atoms with Crippen molar-refractivity contribution in [1.29, 1.82) is 0 Å². The van der Waals surface area contributed by atoms with Crippen LogP contribution in [0.25, 0.3) is 0 Å². The summed E-state index contributed by atoms with van der Waals surface area (Å²) in [6, 6.07) is 0. The summed E-state index contributed by atoms with van der Waals surface area (Å²) in [5.74, 6) is 0. The second-order valence-corrected chi connectivity index (χ2v) is 27.2. The van der Waals surface area contributed by atoms with Crippen LogP contribution in [0, 0.1) is 0 Å². The van der Waals surface area contributed by atoms with Crippen molar-refractivity contribution in [2.24, 2.45) is 0 Å². The first-order valence-electron chi connectivity index (χ1n) is 9.64. The van der Waals surface area contributed by atoms with Crippen molar-refractivity contribution in [3.05, 3.63) is 0 Å². The molecule has 0 rings (SSSR count). The van der Waals surface area contributed by atoms with Gasteiger partial charge < -0.3 is 0 Å². The third-order valence-electron chi connectivity index (χ3n) is 4.72. The average molecular weight is 420 g/mol. The third-order valence-corrected chi connectivity index (χ3v) is 22.2. The minimum atomic E-state index is -1.82. The zero-order valence-corrected chi connectivity index (χ0v) is 19.8. The minimum absolute atomic E-state index is 1.06. The van der Waals surface area contributed by atoms with Gasteiger partial charge in [0, 0.05) is 0 Å². The molecule has 0 aliphatic carbocycles. The Bertz CT molecular complexity index is 216. The number of nitrogens with one attached hydrogen (secondary N) is 1. The first kappa shape index (κ1) is 22.0. The van der Waals surface area contributed by atoms with E-state index < -0.39 is 26.6 Å². The molecule has 0 amide bonds. The van der Waals surface area contributed by atoms with Gasteiger partial charge in [-0.05, 0) is 0 Å². The molecular formula is C18H43NSiSn. The number of hydrogen-bond donors (Lipinski definition) is 1. The summed E-state index contributed by atoms with van der Waals surface area (Å²) in [6.45, 7) is 15.7. The van der Waals surface area contributed by atoms with E-state index in [9.17, 15) is 0 Å². The van der Waals surface area contributed by atoms with E-state index in [4.69, 9.17) is 0 Å². The van der Waals surface area contributed by atoms with Gasteiger partial charge in [0.25, 0.3) is 0 Å². The summed E-state index contributed by atoms with van der Waals surface area (Å²) < 4.78 is 6.69. The van der Waals surface area contributed by atoms with Gasteiger partial charge in [-0.15, -0.1) is 0 Å². The van der Waals surface area contributed by atoms with Crippen LogP contribution in [-0.2, 0) is 0 Å². The van der Waals surface area contributed by atoms with Crippen LogP contribution < -0.4 is 4.98 Å². The number of unbranched alkanes of at least 4 members (excludes halogenated alkanes) is 3. The summed E-state index contributed by atoms with van der Waals surface area (Å²) >= 11 is -1.82. The van der Waals surface area contributed by atoms with Crippen molar-refractivity contribution in [3.63, 3.8) is 0 Å². The molecular weight excluding hydrogens is 377 g/mol. The van der Waals surface area contributed by atoms with Crippen LogP contribution in [-0.4, -0.2) is 33.2 Å². The molecule has 1 nitrogen and oxygen atoms in total. The molecule has 0 unspecified atom stereocenters. The molecule has 0 aliphatic heterocycles. The molecule has 3 heteroatoms. The van der Waals surface area contributed by atoms with Crippen molar-refractivity contribution in [3.8, 4) is 0 Å². The van der Waals surface area contributed by atoms with Gasteiger partial charge in [-0.3, -0.25) is 0 Å². The van der Waals surface area contributed by atoms with E-state index in [1.54, 1.807) is 17.7 Å². The van der Waals surface area contributed by atoms with E-state index in [0.29, 0.717) is 0 Å². The van der Waals surface area contributed by atoms with Crippen LogP contribution in [0.4, 0.5) is 0 Å². The van der Waals surface area contributed by atoms with Gasteiger partial charge in [-0.1, -0.05) is 0 Å². The van der Waals surface area contributed by atoms with Gasteiger partial charge in [0.05, 0.1) is 0 Å². The number of rotatable bonds is 14. The topological polar surface area (TPSA) is 12.0 Å². The molecule has 0 saturated heterocycles. The first-order valence-corrected chi connectivity index (χ1v) is 21.2. The SMILES string of the molecule is CCC[CH2][Sn]([CH2]CCC)([CH2]CCC)[CH2]CCN[Si](C)(C)C. The molecule has 128 valence electrons. The zero-order chi connectivity index (χ0) is 16.2. The normalized spacial score (nSPS) is 12.9. The monoisotopic (exact) mass is 421 g/mol. The van der Waals surface area contributed by atoms with Crippen molar-refractivity contribution in [2.45, 2.75) is 103 Å². The quantitative estimate of drug-likeness (QED) is 0.245. The maximum absolute atomic E-state index is 3.84. The summed E-state index contributed by atoms with van der Waals surface area (Å²) in [4.78, 5) is 3.84. The predicted molar refractivity (Wildman–Crippen MR) is 106 cm³/mol. The molecule has 0 spiro atoms. The Kier molecular flexibility index (Phi) is 13.0. The fourth-order valence-corrected chi connectivity index (χ4v) is 20.6. The molecule has 0 atom stereocenters. The van der Waals surface area contributed by atoms with Gasteiger partial charge in [0.15, 0.2) is 0 Å². The van der Waals surface area contributed by atoms with Crippen molar-refractivity contribution < 1.29 is 0 Å². The van der Waals surface area contributed by atoms with Crippen LogP contribution >= 0.6 is 0 Å². The Balaban J connectivity index is 4.48. The van der Waals surface area contributed by atoms with Crippen molar-refractivity contribution in [2.75, 3.05) is 6.54 Å². The van der Waals surface area contributed by atoms with Gasteiger partial charge >= 0.3 is 141 Å². The third kappa shape index (κ3) is 12.1. The summed E-state index contributed by atoms with van der Waals surface area (Å²) in [7, 11) is -1.06. The number of hydrogen-bond acceptors (Lipinski definition) is 1. The Morgan fingerprint density at radius 2 is 1.05 bits per heavy atom. The summed E-state index contributed by atoms with van der Waals surface area (Å²) in [5.41, 5.74) is 0. The fourth-order valence-electron chi connectivity index (χ4n) is 3.33. The second-order valence-electron chi connectivity index (χ2n) is 8.09. The van der Waals surface area contributed by atoms with Crippen LogP contribution in [0.5, 0.6) is 0 Å². The molecule has 0 aliphatic rings. The molecule has 0 bridgehead atoms. The van der Waals surface area contributed by atoms with Crippen molar-refractivity contribution >= 4 is 26.6 Å². The average Bonchev–Trinajstić information content (AvgIpc) is 2.43. The molecule has 0 heterocycles. The van der Waals surface area contributed by atoms with E-state index in [-0.39, 0.29) is 0 Å². The molecule has 21 heavy (non-hydrogen) atoms. The molecule has 0 fully saturated rings. The van der Waals surface area contributed by atoms with Gasteiger partial charge in [-0.25, -0.2) is 0 Å². The zero-order valence-electron chi connectivity index (χ0n) is 16.0. The van der Waals surface area contributed by atoms with Gasteiger partial charge in [0.2, 0.25) is 0 Å². The van der Waals surface area contributed by atoms with E-state index in [2.05, 4.69) is 45.4 Å². The Morgan fingerprint density at radius 3 is 1.38 bits per heavy atom. The first-order chi connectivity index (χ1) is 9.89. The Morgan fingerprint density at radius 1 is 0.667 bits per heavy atom. The molecule has 0 aromatic rings. The van der Waals surface area contributed by atoms with Crippen LogP contribution in [0.1, 0.15) is 65.7 Å². The molecule has 0 radical (unpaired) electrons. The van der Waals surface area contributed by atoms with E-state index in [1.807, 2.05) is 0 Å².